The van der Waals surface area contributed by atoms with Gasteiger partial charge >= 0.3 is 5.97 Å². The Hall–Kier alpha value is -2.54. The normalized spacial score (nSPS) is 13.0. The van der Waals surface area contributed by atoms with Gasteiger partial charge in [-0.1, -0.05) is 35.3 Å². The molecule has 0 saturated heterocycles. The van der Waals surface area contributed by atoms with E-state index >= 15 is 0 Å². The second-order valence-corrected chi connectivity index (χ2v) is 9.98. The Morgan fingerprint density at radius 2 is 1.83 bits per heavy atom. The van der Waals surface area contributed by atoms with Crippen LogP contribution in [0.4, 0.5) is 5.00 Å². The standard InChI is InChI=1S/C27H27Cl2NO4S/c1-3-32-22-14-18(13-21(29)25(22)34-16-17-9-11-19(28)12-10-17)15-30-26-24(27(31)33-4-2)20-7-5-6-8-23(20)35-26/h9-15H,3-8,16H2,1-2H3. The summed E-state index contributed by atoms with van der Waals surface area (Å²) < 4.78 is 17.1. The number of halogens is 2. The first-order chi connectivity index (χ1) is 17.0. The van der Waals surface area contributed by atoms with Gasteiger partial charge in [0.25, 0.3) is 0 Å². The minimum Gasteiger partial charge on any atom is -0.490 e. The summed E-state index contributed by atoms with van der Waals surface area (Å²) in [5.41, 5.74) is 3.40. The van der Waals surface area contributed by atoms with Gasteiger partial charge in [-0.2, -0.15) is 0 Å². The summed E-state index contributed by atoms with van der Waals surface area (Å²) in [6, 6.07) is 11.1. The number of carbonyl (C=O) groups excluding carboxylic acids is 1. The van der Waals surface area contributed by atoms with Crippen molar-refractivity contribution >= 4 is 51.7 Å². The van der Waals surface area contributed by atoms with Gasteiger partial charge in [0, 0.05) is 16.1 Å². The van der Waals surface area contributed by atoms with Crippen molar-refractivity contribution in [2.45, 2.75) is 46.1 Å². The Morgan fingerprint density at radius 1 is 1.06 bits per heavy atom. The summed E-state index contributed by atoms with van der Waals surface area (Å²) in [5, 5.41) is 1.76. The Kier molecular flexibility index (Phi) is 8.71. The molecule has 3 aromatic rings. The zero-order valence-corrected chi connectivity index (χ0v) is 22.1. The SMILES string of the molecule is CCOC(=O)c1c(N=Cc2cc(Cl)c(OCc3ccc(Cl)cc3)c(OCC)c2)sc2c1CCCC2. The molecule has 0 unspecified atom stereocenters. The number of fused-ring (bicyclic) bond motifs is 1. The second-order valence-electron chi connectivity index (χ2n) is 8.05. The van der Waals surface area contributed by atoms with E-state index in [1.54, 1.807) is 23.6 Å². The molecule has 0 spiro atoms. The van der Waals surface area contributed by atoms with Gasteiger partial charge < -0.3 is 14.2 Å². The van der Waals surface area contributed by atoms with Crippen molar-refractivity contribution in [3.63, 3.8) is 0 Å². The van der Waals surface area contributed by atoms with Crippen molar-refractivity contribution in [2.75, 3.05) is 13.2 Å². The zero-order chi connectivity index (χ0) is 24.8. The van der Waals surface area contributed by atoms with Gasteiger partial charge in [-0.05, 0) is 80.5 Å². The number of nitrogens with zero attached hydrogens (tertiary/aromatic N) is 1. The largest absolute Gasteiger partial charge is 0.490 e. The zero-order valence-electron chi connectivity index (χ0n) is 19.7. The van der Waals surface area contributed by atoms with Crippen molar-refractivity contribution in [3.05, 3.63) is 73.6 Å². The van der Waals surface area contributed by atoms with Crippen molar-refractivity contribution in [1.29, 1.82) is 0 Å². The lowest BCUT2D eigenvalue weighted by Crippen LogP contribution is -2.09. The molecule has 1 aliphatic carbocycles. The van der Waals surface area contributed by atoms with Crippen LogP contribution in [0.2, 0.25) is 10.0 Å². The number of ether oxygens (including phenoxy) is 3. The molecule has 0 amide bonds. The summed E-state index contributed by atoms with van der Waals surface area (Å²) >= 11 is 14.1. The smallest absolute Gasteiger partial charge is 0.341 e. The molecular formula is C27H27Cl2NO4S. The van der Waals surface area contributed by atoms with Crippen LogP contribution in [0, 0.1) is 0 Å². The minimum atomic E-state index is -0.307. The van der Waals surface area contributed by atoms with Gasteiger partial charge in [-0.15, -0.1) is 11.3 Å². The van der Waals surface area contributed by atoms with Gasteiger partial charge in [0.1, 0.15) is 11.6 Å². The molecule has 5 nitrogen and oxygen atoms in total. The number of benzene rings is 2. The van der Waals surface area contributed by atoms with Crippen LogP contribution in [0.5, 0.6) is 11.5 Å². The highest BCUT2D eigenvalue weighted by Gasteiger charge is 2.26. The molecule has 0 bridgehead atoms. The highest BCUT2D eigenvalue weighted by atomic mass is 35.5. The molecule has 0 atom stereocenters. The van der Waals surface area contributed by atoms with Crippen molar-refractivity contribution in [2.24, 2.45) is 4.99 Å². The molecule has 8 heteroatoms. The van der Waals surface area contributed by atoms with Crippen molar-refractivity contribution in [1.82, 2.24) is 0 Å². The van der Waals surface area contributed by atoms with Gasteiger partial charge in [-0.25, -0.2) is 9.79 Å². The summed E-state index contributed by atoms with van der Waals surface area (Å²) in [6.45, 7) is 4.83. The Morgan fingerprint density at radius 3 is 2.57 bits per heavy atom. The fourth-order valence-corrected chi connectivity index (χ4v) is 5.61. The number of thiophene rings is 1. The van der Waals surface area contributed by atoms with Crippen LogP contribution in [0.25, 0.3) is 0 Å². The molecule has 0 radical (unpaired) electrons. The highest BCUT2D eigenvalue weighted by Crippen LogP contribution is 2.41. The molecule has 35 heavy (non-hydrogen) atoms. The molecule has 0 saturated carbocycles. The number of aryl methyl sites for hydroxylation is 1. The molecular weight excluding hydrogens is 505 g/mol. The van der Waals surface area contributed by atoms with Gasteiger partial charge in [0.2, 0.25) is 0 Å². The summed E-state index contributed by atoms with van der Waals surface area (Å²) in [6.07, 6.45) is 5.77. The van der Waals surface area contributed by atoms with E-state index in [2.05, 4.69) is 4.99 Å². The monoisotopic (exact) mass is 531 g/mol. The second kappa shape index (κ2) is 11.9. The fourth-order valence-electron chi connectivity index (χ4n) is 3.99. The van der Waals surface area contributed by atoms with Gasteiger partial charge in [0.05, 0.1) is 23.8 Å². The molecule has 184 valence electrons. The maximum absolute atomic E-state index is 12.7. The fraction of sp³-hybridized carbons (Fsp3) is 0.333. The Bertz CT molecular complexity index is 1220. The number of rotatable bonds is 9. The number of esters is 1. The molecule has 0 fully saturated rings. The summed E-state index contributed by atoms with van der Waals surface area (Å²) in [7, 11) is 0. The quantitative estimate of drug-likeness (QED) is 0.208. The lowest BCUT2D eigenvalue weighted by atomic mass is 9.95. The molecule has 0 N–H and O–H groups in total. The van der Waals surface area contributed by atoms with Crippen LogP contribution >= 0.6 is 34.5 Å². The topological polar surface area (TPSA) is 57.1 Å². The third-order valence-corrected chi connectivity index (χ3v) is 7.32. The van der Waals surface area contributed by atoms with Crippen molar-refractivity contribution in [3.8, 4) is 11.5 Å². The van der Waals surface area contributed by atoms with E-state index in [-0.39, 0.29) is 5.97 Å². The first kappa shape index (κ1) is 25.5. The molecule has 1 aromatic heterocycles. The third kappa shape index (κ3) is 6.18. The average Bonchev–Trinajstić information content (AvgIpc) is 3.22. The highest BCUT2D eigenvalue weighted by molar-refractivity contribution is 7.16. The van der Waals surface area contributed by atoms with Crippen LogP contribution in [-0.2, 0) is 24.2 Å². The molecule has 0 aliphatic heterocycles. The number of carbonyl (C=O) groups is 1. The number of hydrogen-bond donors (Lipinski definition) is 0. The third-order valence-electron chi connectivity index (χ3n) is 5.59. The van der Waals surface area contributed by atoms with Crippen molar-refractivity contribution < 1.29 is 19.0 Å². The predicted octanol–water partition coefficient (Wildman–Crippen LogP) is 7.84. The minimum absolute atomic E-state index is 0.307. The van der Waals surface area contributed by atoms with E-state index in [0.717, 1.165) is 42.4 Å². The Labute approximate surface area is 219 Å². The van der Waals surface area contributed by atoms with Gasteiger partial charge in [0.15, 0.2) is 11.5 Å². The average molecular weight is 532 g/mol. The van der Waals surface area contributed by atoms with E-state index in [0.29, 0.717) is 51.9 Å². The lowest BCUT2D eigenvalue weighted by Gasteiger charge is -2.14. The maximum Gasteiger partial charge on any atom is 0.341 e. The van der Waals surface area contributed by atoms with Crippen LogP contribution in [0.15, 0.2) is 41.4 Å². The van der Waals surface area contributed by atoms with Gasteiger partial charge in [-0.3, -0.25) is 0 Å². The van der Waals surface area contributed by atoms with E-state index in [9.17, 15) is 4.79 Å². The van der Waals surface area contributed by atoms with E-state index in [1.807, 2.05) is 44.2 Å². The molecule has 2 aromatic carbocycles. The van der Waals surface area contributed by atoms with E-state index < -0.39 is 0 Å². The molecule has 1 heterocycles. The van der Waals surface area contributed by atoms with E-state index in [4.69, 9.17) is 37.4 Å². The summed E-state index contributed by atoms with van der Waals surface area (Å²) in [5.74, 6) is 0.698. The molecule has 4 rings (SSSR count). The summed E-state index contributed by atoms with van der Waals surface area (Å²) in [4.78, 5) is 18.6. The number of aliphatic imine (C=N–C) groups is 1. The lowest BCUT2D eigenvalue weighted by molar-refractivity contribution is 0.0526. The number of hydrogen-bond acceptors (Lipinski definition) is 6. The Balaban J connectivity index is 1.61. The predicted molar refractivity (Wildman–Crippen MR) is 143 cm³/mol. The van der Waals surface area contributed by atoms with Crippen LogP contribution < -0.4 is 9.47 Å². The molecule has 1 aliphatic rings. The van der Waals surface area contributed by atoms with E-state index in [1.165, 1.54) is 4.88 Å². The maximum atomic E-state index is 12.7. The first-order valence-corrected chi connectivity index (χ1v) is 13.3. The van der Waals surface area contributed by atoms with Crippen LogP contribution in [0.3, 0.4) is 0 Å². The van der Waals surface area contributed by atoms with Crippen LogP contribution in [-0.4, -0.2) is 25.4 Å². The first-order valence-electron chi connectivity index (χ1n) is 11.7. The van der Waals surface area contributed by atoms with Crippen LogP contribution in [0.1, 0.15) is 58.6 Å².